The largest absolute Gasteiger partial charge is 0.390 e. The summed E-state index contributed by atoms with van der Waals surface area (Å²) in [4.78, 5) is 2.14. The quantitative estimate of drug-likeness (QED) is 0.692. The van der Waals surface area contributed by atoms with E-state index in [4.69, 9.17) is 5.11 Å². The van der Waals surface area contributed by atoms with Gasteiger partial charge in [-0.2, -0.15) is 10.2 Å². The zero-order valence-electron chi connectivity index (χ0n) is 7.64. The lowest BCUT2D eigenvalue weighted by Gasteiger charge is -2.35. The Morgan fingerprint density at radius 3 is 2.77 bits per heavy atom. The minimum absolute atomic E-state index is 0.140. The molecule has 1 aromatic heterocycles. The standard InChI is InChI=1S/C9H13N3O/c1-7-2-3-8(11-10-7)4-12-5-9(13)6-12/h2-3,9,13H,4-6H2,1H3. The first-order valence-electron chi connectivity index (χ1n) is 4.43. The van der Waals surface area contributed by atoms with Crippen molar-refractivity contribution in [1.82, 2.24) is 15.1 Å². The number of likely N-dealkylation sites (tertiary alicyclic amines) is 1. The van der Waals surface area contributed by atoms with Crippen molar-refractivity contribution in [2.45, 2.75) is 19.6 Å². The molecule has 1 aliphatic heterocycles. The molecule has 0 amide bonds. The summed E-state index contributed by atoms with van der Waals surface area (Å²) in [5.41, 5.74) is 1.91. The average molecular weight is 179 g/mol. The van der Waals surface area contributed by atoms with E-state index >= 15 is 0 Å². The van der Waals surface area contributed by atoms with Gasteiger partial charge in [-0.15, -0.1) is 0 Å². The van der Waals surface area contributed by atoms with Crippen molar-refractivity contribution in [2.75, 3.05) is 13.1 Å². The third-order valence-electron chi connectivity index (χ3n) is 2.18. The molecule has 0 aliphatic carbocycles. The van der Waals surface area contributed by atoms with E-state index in [0.717, 1.165) is 31.0 Å². The second kappa shape index (κ2) is 3.40. The molecule has 1 aromatic rings. The summed E-state index contributed by atoms with van der Waals surface area (Å²) in [6, 6.07) is 3.94. The summed E-state index contributed by atoms with van der Waals surface area (Å²) < 4.78 is 0. The maximum Gasteiger partial charge on any atom is 0.0794 e. The molecule has 1 aliphatic rings. The predicted octanol–water partition coefficient (Wildman–Crippen LogP) is -0.0385. The van der Waals surface area contributed by atoms with Gasteiger partial charge in [0.15, 0.2) is 0 Å². The van der Waals surface area contributed by atoms with Gasteiger partial charge in [-0.1, -0.05) is 0 Å². The van der Waals surface area contributed by atoms with Gasteiger partial charge in [-0.05, 0) is 19.1 Å². The third kappa shape index (κ3) is 2.02. The molecule has 13 heavy (non-hydrogen) atoms. The molecule has 0 saturated carbocycles. The lowest BCUT2D eigenvalue weighted by molar-refractivity contribution is -0.00368. The van der Waals surface area contributed by atoms with E-state index in [1.54, 1.807) is 0 Å². The average Bonchev–Trinajstić information content (AvgIpc) is 2.06. The SMILES string of the molecule is Cc1ccc(CN2CC(O)C2)nn1. The molecular weight excluding hydrogens is 166 g/mol. The maximum absolute atomic E-state index is 9.06. The molecule has 0 bridgehead atoms. The monoisotopic (exact) mass is 179 g/mol. The molecule has 0 spiro atoms. The second-order valence-electron chi connectivity index (χ2n) is 3.51. The fourth-order valence-corrected chi connectivity index (χ4v) is 1.41. The van der Waals surface area contributed by atoms with Crippen LogP contribution >= 0.6 is 0 Å². The van der Waals surface area contributed by atoms with Crippen LogP contribution in [0.4, 0.5) is 0 Å². The molecule has 2 rings (SSSR count). The van der Waals surface area contributed by atoms with Crippen LogP contribution in [-0.2, 0) is 6.54 Å². The van der Waals surface area contributed by atoms with Gasteiger partial charge in [0, 0.05) is 19.6 Å². The smallest absolute Gasteiger partial charge is 0.0794 e. The first-order valence-corrected chi connectivity index (χ1v) is 4.43. The van der Waals surface area contributed by atoms with E-state index in [2.05, 4.69) is 15.1 Å². The van der Waals surface area contributed by atoms with Gasteiger partial charge in [-0.25, -0.2) is 0 Å². The Labute approximate surface area is 77.2 Å². The van der Waals surface area contributed by atoms with Crippen LogP contribution in [0.3, 0.4) is 0 Å². The van der Waals surface area contributed by atoms with Gasteiger partial charge in [0.25, 0.3) is 0 Å². The summed E-state index contributed by atoms with van der Waals surface area (Å²) in [7, 11) is 0. The first-order chi connectivity index (χ1) is 6.24. The van der Waals surface area contributed by atoms with Crippen molar-refractivity contribution in [2.24, 2.45) is 0 Å². The summed E-state index contributed by atoms with van der Waals surface area (Å²) >= 11 is 0. The maximum atomic E-state index is 9.06. The Morgan fingerprint density at radius 2 is 2.23 bits per heavy atom. The molecule has 4 nitrogen and oxygen atoms in total. The fraction of sp³-hybridized carbons (Fsp3) is 0.556. The van der Waals surface area contributed by atoms with Crippen LogP contribution in [0.15, 0.2) is 12.1 Å². The number of nitrogens with zero attached hydrogens (tertiary/aromatic N) is 3. The molecule has 1 fully saturated rings. The number of aryl methyl sites for hydroxylation is 1. The van der Waals surface area contributed by atoms with Crippen molar-refractivity contribution in [1.29, 1.82) is 0 Å². The summed E-state index contributed by atoms with van der Waals surface area (Å²) in [6.07, 6.45) is -0.140. The third-order valence-corrected chi connectivity index (χ3v) is 2.18. The van der Waals surface area contributed by atoms with Crippen LogP contribution < -0.4 is 0 Å². The van der Waals surface area contributed by atoms with Crippen LogP contribution in [0, 0.1) is 6.92 Å². The summed E-state index contributed by atoms with van der Waals surface area (Å²) in [5.74, 6) is 0. The van der Waals surface area contributed by atoms with E-state index in [9.17, 15) is 0 Å². The first kappa shape index (κ1) is 8.59. The molecule has 70 valence electrons. The topological polar surface area (TPSA) is 49.2 Å². The minimum atomic E-state index is -0.140. The Kier molecular flexibility index (Phi) is 2.24. The van der Waals surface area contributed by atoms with Gasteiger partial charge in [0.2, 0.25) is 0 Å². The molecule has 4 heteroatoms. The number of hydrogen-bond acceptors (Lipinski definition) is 4. The highest BCUT2D eigenvalue weighted by molar-refractivity contribution is 5.05. The van der Waals surface area contributed by atoms with Gasteiger partial charge >= 0.3 is 0 Å². The highest BCUT2D eigenvalue weighted by atomic mass is 16.3. The van der Waals surface area contributed by atoms with Gasteiger partial charge < -0.3 is 5.11 Å². The number of aromatic nitrogens is 2. The van der Waals surface area contributed by atoms with Crippen molar-refractivity contribution >= 4 is 0 Å². The number of hydrogen-bond donors (Lipinski definition) is 1. The van der Waals surface area contributed by atoms with Crippen LogP contribution in [0.1, 0.15) is 11.4 Å². The van der Waals surface area contributed by atoms with Crippen molar-refractivity contribution in [3.8, 4) is 0 Å². The molecule has 1 N–H and O–H groups in total. The number of aliphatic hydroxyl groups excluding tert-OH is 1. The molecule has 0 unspecified atom stereocenters. The lowest BCUT2D eigenvalue weighted by atomic mass is 10.1. The zero-order valence-corrected chi connectivity index (χ0v) is 7.64. The van der Waals surface area contributed by atoms with E-state index in [1.165, 1.54) is 0 Å². The summed E-state index contributed by atoms with van der Waals surface area (Å²) in [6.45, 7) is 4.24. The Hall–Kier alpha value is -1.00. The van der Waals surface area contributed by atoms with E-state index in [0.29, 0.717) is 0 Å². The van der Waals surface area contributed by atoms with Crippen LogP contribution in [-0.4, -0.2) is 39.4 Å². The van der Waals surface area contributed by atoms with Crippen LogP contribution in [0.25, 0.3) is 0 Å². The van der Waals surface area contributed by atoms with Crippen molar-refractivity contribution < 1.29 is 5.11 Å². The normalized spacial score (nSPS) is 18.6. The molecule has 2 heterocycles. The highest BCUT2D eigenvalue weighted by Crippen LogP contribution is 2.10. The molecule has 0 aromatic carbocycles. The van der Waals surface area contributed by atoms with E-state index in [1.807, 2.05) is 19.1 Å². The molecule has 0 atom stereocenters. The lowest BCUT2D eigenvalue weighted by Crippen LogP contribution is -2.49. The van der Waals surface area contributed by atoms with E-state index in [-0.39, 0.29) is 6.10 Å². The highest BCUT2D eigenvalue weighted by Gasteiger charge is 2.24. The minimum Gasteiger partial charge on any atom is -0.390 e. The van der Waals surface area contributed by atoms with Crippen molar-refractivity contribution in [3.63, 3.8) is 0 Å². The van der Waals surface area contributed by atoms with Crippen LogP contribution in [0.2, 0.25) is 0 Å². The Bertz CT molecular complexity index is 279. The fourth-order valence-electron chi connectivity index (χ4n) is 1.41. The molecule has 0 radical (unpaired) electrons. The number of aliphatic hydroxyl groups is 1. The van der Waals surface area contributed by atoms with Gasteiger partial charge in [0.1, 0.15) is 0 Å². The zero-order chi connectivity index (χ0) is 9.26. The van der Waals surface area contributed by atoms with Crippen LogP contribution in [0.5, 0.6) is 0 Å². The number of β-amino-alcohol motifs (C(OH)–C–C–N with tert-alkyl or cyclic N) is 1. The number of rotatable bonds is 2. The Morgan fingerprint density at radius 1 is 1.46 bits per heavy atom. The van der Waals surface area contributed by atoms with Crippen molar-refractivity contribution in [3.05, 3.63) is 23.5 Å². The predicted molar refractivity (Wildman–Crippen MR) is 48.1 cm³/mol. The van der Waals surface area contributed by atoms with Gasteiger partial charge in [0.05, 0.1) is 17.5 Å². The molecule has 1 saturated heterocycles. The summed E-state index contributed by atoms with van der Waals surface area (Å²) in [5, 5.41) is 17.1. The second-order valence-corrected chi connectivity index (χ2v) is 3.51. The molecular formula is C9H13N3O. The Balaban J connectivity index is 1.91. The van der Waals surface area contributed by atoms with Gasteiger partial charge in [-0.3, -0.25) is 4.90 Å². The van der Waals surface area contributed by atoms with E-state index < -0.39 is 0 Å².